The predicted molar refractivity (Wildman–Crippen MR) is 26.7 cm³/mol. The monoisotopic (exact) mass is 105 g/mol. The van der Waals surface area contributed by atoms with Crippen LogP contribution >= 0.6 is 0 Å². The number of rotatable bonds is 2. The van der Waals surface area contributed by atoms with Crippen molar-refractivity contribution in [3.8, 4) is 0 Å². The second-order valence-corrected chi connectivity index (χ2v) is 1.28. The maximum atomic E-state index is 5.03. The van der Waals surface area contributed by atoms with Crippen molar-refractivity contribution < 1.29 is 4.74 Å². The Morgan fingerprint density at radius 3 is 2.00 bits per heavy atom. The van der Waals surface area contributed by atoms with Gasteiger partial charge in [0.15, 0.2) is 0 Å². The molecule has 0 fully saturated rings. The predicted octanol–water partition coefficient (Wildman–Crippen LogP) is -0.972. The van der Waals surface area contributed by atoms with Crippen molar-refractivity contribution in [1.29, 1.82) is 0 Å². The fourth-order valence-electron chi connectivity index (χ4n) is 0.122. The molecule has 0 amide bonds. The molecule has 1 atom stereocenters. The Labute approximate surface area is 43.0 Å². The van der Waals surface area contributed by atoms with Gasteiger partial charge in [0.2, 0.25) is 0 Å². The van der Waals surface area contributed by atoms with E-state index in [4.69, 9.17) is 11.7 Å². The molecule has 4 nitrogen and oxygen atoms in total. The summed E-state index contributed by atoms with van der Waals surface area (Å²) in [5, 5.41) is 1.00. The fourth-order valence-corrected chi connectivity index (χ4v) is 0.122. The Morgan fingerprint density at radius 2 is 2.00 bits per heavy atom. The molecule has 0 aliphatic heterocycles. The van der Waals surface area contributed by atoms with Gasteiger partial charge in [-0.05, 0) is 6.92 Å². The second-order valence-electron chi connectivity index (χ2n) is 1.28. The number of ether oxygens (including phenoxy) is 1. The Hall–Kier alpha value is -0.160. The summed E-state index contributed by atoms with van der Waals surface area (Å²) in [6.07, 6.45) is -0.208. The Bertz CT molecular complexity index is 47.4. The molecule has 0 saturated carbocycles. The van der Waals surface area contributed by atoms with Crippen LogP contribution in [-0.2, 0) is 4.74 Å². The van der Waals surface area contributed by atoms with Gasteiger partial charge in [0, 0.05) is 7.11 Å². The van der Waals surface area contributed by atoms with E-state index in [0.717, 1.165) is 5.12 Å². The van der Waals surface area contributed by atoms with E-state index in [9.17, 15) is 0 Å². The van der Waals surface area contributed by atoms with Crippen molar-refractivity contribution in [2.45, 2.75) is 13.2 Å². The van der Waals surface area contributed by atoms with E-state index in [1.54, 1.807) is 6.92 Å². The summed E-state index contributed by atoms with van der Waals surface area (Å²) in [7, 11) is 1.54. The van der Waals surface area contributed by atoms with Crippen LogP contribution in [0.1, 0.15) is 6.92 Å². The molecule has 0 aromatic heterocycles. The molecular weight excluding hydrogens is 94.1 g/mol. The highest BCUT2D eigenvalue weighted by atomic mass is 16.5. The van der Waals surface area contributed by atoms with Gasteiger partial charge in [-0.2, -0.15) is 5.12 Å². The summed E-state index contributed by atoms with van der Waals surface area (Å²) < 4.78 is 4.69. The van der Waals surface area contributed by atoms with Crippen molar-refractivity contribution in [3.63, 3.8) is 0 Å². The van der Waals surface area contributed by atoms with Gasteiger partial charge in [0.1, 0.15) is 6.23 Å². The minimum Gasteiger partial charge on any atom is -0.364 e. The zero-order chi connectivity index (χ0) is 5.86. The number of hydrogen-bond donors (Lipinski definition) is 2. The van der Waals surface area contributed by atoms with Gasteiger partial charge >= 0.3 is 0 Å². The molecular formula is C3H11N3O. The van der Waals surface area contributed by atoms with E-state index in [-0.39, 0.29) is 6.23 Å². The first-order chi connectivity index (χ1) is 3.18. The minimum absolute atomic E-state index is 0.208. The Kier molecular flexibility index (Phi) is 2.86. The number of hydrazine groups is 2. The molecule has 0 spiro atoms. The molecule has 0 aliphatic carbocycles. The third-order valence-corrected chi connectivity index (χ3v) is 0.761. The smallest absolute Gasteiger partial charge is 0.133 e. The topological polar surface area (TPSA) is 64.5 Å². The average Bonchev–Trinajstić information content (AvgIpc) is 1.65. The number of methoxy groups -OCH3 is 1. The van der Waals surface area contributed by atoms with Gasteiger partial charge in [0.05, 0.1) is 0 Å². The van der Waals surface area contributed by atoms with Crippen LogP contribution in [0, 0.1) is 0 Å². The van der Waals surface area contributed by atoms with Crippen LogP contribution in [0.15, 0.2) is 0 Å². The van der Waals surface area contributed by atoms with Gasteiger partial charge in [-0.25, -0.2) is 0 Å². The van der Waals surface area contributed by atoms with Crippen molar-refractivity contribution in [2.24, 2.45) is 11.7 Å². The molecule has 0 bridgehead atoms. The van der Waals surface area contributed by atoms with Gasteiger partial charge < -0.3 is 4.74 Å². The first-order valence-electron chi connectivity index (χ1n) is 2.00. The molecule has 0 aromatic rings. The van der Waals surface area contributed by atoms with E-state index < -0.39 is 0 Å². The van der Waals surface area contributed by atoms with Crippen LogP contribution in [-0.4, -0.2) is 18.5 Å². The van der Waals surface area contributed by atoms with Crippen LogP contribution < -0.4 is 11.7 Å². The second kappa shape index (κ2) is 2.92. The molecule has 0 saturated heterocycles. The standard InChI is InChI=1S/C3H11N3O/c1-3(7-2)6(4)5/h3H,4-5H2,1-2H3. The highest BCUT2D eigenvalue weighted by molar-refractivity contribution is 4.33. The molecule has 0 aliphatic rings. The van der Waals surface area contributed by atoms with Crippen molar-refractivity contribution in [3.05, 3.63) is 0 Å². The summed E-state index contributed by atoms with van der Waals surface area (Å²) in [5.41, 5.74) is 0. The van der Waals surface area contributed by atoms with Gasteiger partial charge in [-0.3, -0.25) is 11.7 Å². The van der Waals surface area contributed by atoms with Crippen LogP contribution in [0.25, 0.3) is 0 Å². The van der Waals surface area contributed by atoms with Gasteiger partial charge in [0.25, 0.3) is 0 Å². The van der Waals surface area contributed by atoms with Gasteiger partial charge in [-0.15, -0.1) is 0 Å². The highest BCUT2D eigenvalue weighted by Crippen LogP contribution is 1.82. The van der Waals surface area contributed by atoms with Gasteiger partial charge in [-0.1, -0.05) is 0 Å². The first-order valence-corrected chi connectivity index (χ1v) is 2.00. The van der Waals surface area contributed by atoms with Crippen LogP contribution in [0.2, 0.25) is 0 Å². The molecule has 0 rings (SSSR count). The number of nitrogens with zero attached hydrogens (tertiary/aromatic N) is 1. The lowest BCUT2D eigenvalue weighted by molar-refractivity contribution is -0.0205. The lowest BCUT2D eigenvalue weighted by Crippen LogP contribution is -2.45. The Morgan fingerprint density at radius 1 is 1.57 bits per heavy atom. The lowest BCUT2D eigenvalue weighted by atomic mass is 10.7. The van der Waals surface area contributed by atoms with Crippen LogP contribution in [0.4, 0.5) is 0 Å². The van der Waals surface area contributed by atoms with E-state index in [1.165, 1.54) is 7.11 Å². The first kappa shape index (κ1) is 6.84. The maximum absolute atomic E-state index is 5.03. The quantitative estimate of drug-likeness (QED) is 0.269. The van der Waals surface area contributed by atoms with E-state index in [2.05, 4.69) is 4.74 Å². The largest absolute Gasteiger partial charge is 0.364 e. The summed E-state index contributed by atoms with van der Waals surface area (Å²) in [5.74, 6) is 10.1. The highest BCUT2D eigenvalue weighted by Gasteiger charge is 1.98. The molecule has 0 radical (unpaired) electrons. The van der Waals surface area contributed by atoms with E-state index in [0.29, 0.717) is 0 Å². The average molecular weight is 105 g/mol. The summed E-state index contributed by atoms with van der Waals surface area (Å²) in [6, 6.07) is 0. The van der Waals surface area contributed by atoms with E-state index >= 15 is 0 Å². The van der Waals surface area contributed by atoms with Crippen LogP contribution in [0.5, 0.6) is 0 Å². The third kappa shape index (κ3) is 2.52. The fraction of sp³-hybridized carbons (Fsp3) is 1.00. The zero-order valence-electron chi connectivity index (χ0n) is 4.59. The molecule has 0 aromatic carbocycles. The summed E-state index contributed by atoms with van der Waals surface area (Å²) in [6.45, 7) is 1.75. The molecule has 1 unspecified atom stereocenters. The van der Waals surface area contributed by atoms with Crippen molar-refractivity contribution >= 4 is 0 Å². The third-order valence-electron chi connectivity index (χ3n) is 0.761. The molecule has 44 valence electrons. The number of nitrogens with two attached hydrogens (primary N) is 2. The SMILES string of the molecule is COC(C)N(N)N. The normalized spacial score (nSPS) is 15.0. The maximum Gasteiger partial charge on any atom is 0.133 e. The summed E-state index contributed by atoms with van der Waals surface area (Å²) in [4.78, 5) is 0. The molecule has 4 N–H and O–H groups in total. The minimum atomic E-state index is -0.208. The number of hydrogen-bond acceptors (Lipinski definition) is 4. The molecule has 0 heterocycles. The van der Waals surface area contributed by atoms with E-state index in [1.807, 2.05) is 0 Å². The lowest BCUT2D eigenvalue weighted by Gasteiger charge is -2.15. The Balaban J connectivity index is 3.14. The van der Waals surface area contributed by atoms with Crippen LogP contribution in [0.3, 0.4) is 0 Å². The zero-order valence-corrected chi connectivity index (χ0v) is 4.59. The van der Waals surface area contributed by atoms with Crippen molar-refractivity contribution in [2.75, 3.05) is 7.11 Å². The summed E-state index contributed by atoms with van der Waals surface area (Å²) >= 11 is 0. The molecule has 7 heavy (non-hydrogen) atoms. The van der Waals surface area contributed by atoms with Crippen molar-refractivity contribution in [1.82, 2.24) is 5.12 Å². The molecule has 4 heteroatoms.